The number of hydrogen-bond acceptors (Lipinski definition) is 5. The maximum atomic E-state index is 12.9. The number of carbonyl (C=O) groups excluding carboxylic acids is 1. The van der Waals surface area contributed by atoms with Gasteiger partial charge in [0.05, 0.1) is 16.8 Å². The molecule has 0 atom stereocenters. The van der Waals surface area contributed by atoms with Crippen molar-refractivity contribution in [2.75, 3.05) is 31.1 Å². The molecule has 2 aromatic heterocycles. The molecule has 0 N–H and O–H groups in total. The minimum Gasteiger partial charge on any atom is -0.354 e. The predicted molar refractivity (Wildman–Crippen MR) is 153 cm³/mol. The van der Waals surface area contributed by atoms with Crippen molar-refractivity contribution in [2.45, 2.75) is 58.8 Å². The fraction of sp³-hybridized carbons (Fsp3) is 0.419. The summed E-state index contributed by atoms with van der Waals surface area (Å²) in [6, 6.07) is 20.5. The summed E-state index contributed by atoms with van der Waals surface area (Å²) in [6.45, 7) is 7.37. The van der Waals surface area contributed by atoms with Gasteiger partial charge in [0.1, 0.15) is 11.6 Å². The molecule has 7 heteroatoms. The van der Waals surface area contributed by atoms with E-state index in [0.29, 0.717) is 12.8 Å². The van der Waals surface area contributed by atoms with E-state index in [9.17, 15) is 4.79 Å². The molecule has 2 aromatic carbocycles. The fourth-order valence-corrected chi connectivity index (χ4v) is 5.28. The lowest BCUT2D eigenvalue weighted by Crippen LogP contribution is -2.35. The monoisotopic (exact) mass is 510 g/mol. The van der Waals surface area contributed by atoms with Crippen LogP contribution in [0.5, 0.6) is 0 Å². The van der Waals surface area contributed by atoms with Gasteiger partial charge in [0.25, 0.3) is 0 Å². The van der Waals surface area contributed by atoms with E-state index in [4.69, 9.17) is 15.1 Å². The molecule has 0 spiro atoms. The summed E-state index contributed by atoms with van der Waals surface area (Å²) in [5, 5.41) is 5.89. The lowest BCUT2D eigenvalue weighted by Gasteiger charge is -2.24. The molecule has 1 aliphatic heterocycles. The van der Waals surface area contributed by atoms with Crippen molar-refractivity contribution in [1.82, 2.24) is 24.6 Å². The van der Waals surface area contributed by atoms with Gasteiger partial charge in [0, 0.05) is 39.0 Å². The van der Waals surface area contributed by atoms with Gasteiger partial charge in [-0.25, -0.2) is 14.6 Å². The summed E-state index contributed by atoms with van der Waals surface area (Å²) in [5.74, 6) is 2.00. The van der Waals surface area contributed by atoms with Crippen molar-refractivity contribution in [3.05, 3.63) is 77.7 Å². The number of benzene rings is 2. The number of unbranched alkanes of at least 4 members (excludes halogenated alkanes) is 3. The largest absolute Gasteiger partial charge is 0.354 e. The molecule has 0 bridgehead atoms. The minimum atomic E-state index is 0.286. The van der Waals surface area contributed by atoms with Crippen LogP contribution in [0.25, 0.3) is 16.7 Å². The Morgan fingerprint density at radius 1 is 0.868 bits per heavy atom. The zero-order valence-electron chi connectivity index (χ0n) is 22.6. The fourth-order valence-electron chi connectivity index (χ4n) is 5.28. The number of amides is 1. The number of aryl methyl sites for hydroxylation is 1. The molecule has 3 heterocycles. The third-order valence-electron chi connectivity index (χ3n) is 7.33. The Kier molecular flexibility index (Phi) is 8.31. The maximum Gasteiger partial charge on any atom is 0.222 e. The Morgan fingerprint density at radius 2 is 1.63 bits per heavy atom. The van der Waals surface area contributed by atoms with E-state index < -0.39 is 0 Å². The number of aromatic nitrogens is 4. The van der Waals surface area contributed by atoms with E-state index >= 15 is 0 Å². The number of para-hydroxylation sites is 1. The number of rotatable bonds is 9. The quantitative estimate of drug-likeness (QED) is 0.269. The van der Waals surface area contributed by atoms with E-state index in [0.717, 1.165) is 79.5 Å². The highest BCUT2D eigenvalue weighted by atomic mass is 16.2. The van der Waals surface area contributed by atoms with Gasteiger partial charge in [-0.1, -0.05) is 74.7 Å². The second-order valence-corrected chi connectivity index (χ2v) is 10.2. The summed E-state index contributed by atoms with van der Waals surface area (Å²) in [6.07, 6.45) is 6.74. The zero-order chi connectivity index (χ0) is 26.3. The summed E-state index contributed by atoms with van der Waals surface area (Å²) in [4.78, 5) is 27.5. The number of fused-ring (bicyclic) bond motifs is 1. The van der Waals surface area contributed by atoms with Crippen LogP contribution in [0.3, 0.4) is 0 Å². The van der Waals surface area contributed by atoms with Crippen LogP contribution < -0.4 is 4.90 Å². The van der Waals surface area contributed by atoms with Crippen LogP contribution in [0.1, 0.15) is 62.5 Å². The van der Waals surface area contributed by atoms with Crippen molar-refractivity contribution >= 4 is 22.8 Å². The van der Waals surface area contributed by atoms with Gasteiger partial charge < -0.3 is 9.80 Å². The minimum absolute atomic E-state index is 0.286. The van der Waals surface area contributed by atoms with Gasteiger partial charge in [-0.3, -0.25) is 4.79 Å². The number of nitrogens with zero attached hydrogens (tertiary/aromatic N) is 6. The van der Waals surface area contributed by atoms with Crippen LogP contribution in [0, 0.1) is 6.92 Å². The van der Waals surface area contributed by atoms with Crippen LogP contribution in [0.2, 0.25) is 0 Å². The van der Waals surface area contributed by atoms with Gasteiger partial charge >= 0.3 is 0 Å². The van der Waals surface area contributed by atoms with E-state index in [1.54, 1.807) is 0 Å². The first-order chi connectivity index (χ1) is 18.6. The van der Waals surface area contributed by atoms with E-state index in [1.807, 2.05) is 35.9 Å². The van der Waals surface area contributed by atoms with Gasteiger partial charge in [-0.05, 0) is 37.5 Å². The van der Waals surface area contributed by atoms with Crippen LogP contribution in [0.15, 0.2) is 60.7 Å². The Bertz CT molecular complexity index is 1350. The Morgan fingerprint density at radius 3 is 2.39 bits per heavy atom. The molecule has 1 saturated heterocycles. The average Bonchev–Trinajstić information content (AvgIpc) is 3.11. The molecule has 1 amide bonds. The summed E-state index contributed by atoms with van der Waals surface area (Å²) >= 11 is 0. The lowest BCUT2D eigenvalue weighted by atomic mass is 10.1. The lowest BCUT2D eigenvalue weighted by molar-refractivity contribution is -0.131. The highest BCUT2D eigenvalue weighted by molar-refractivity contribution is 5.91. The highest BCUT2D eigenvalue weighted by Crippen LogP contribution is 2.30. The molecule has 198 valence electrons. The second-order valence-electron chi connectivity index (χ2n) is 10.2. The van der Waals surface area contributed by atoms with Crippen LogP contribution >= 0.6 is 0 Å². The van der Waals surface area contributed by atoms with Crippen molar-refractivity contribution in [3.63, 3.8) is 0 Å². The SMILES string of the molecule is CCCCCCC(=O)N1CCCN(c2nc(Cc3ccccc3)nc3c2c(C)nn3-c2ccccc2)CC1. The second kappa shape index (κ2) is 12.2. The first-order valence-corrected chi connectivity index (χ1v) is 14.0. The van der Waals surface area contributed by atoms with Gasteiger partial charge in [-0.15, -0.1) is 0 Å². The van der Waals surface area contributed by atoms with Crippen molar-refractivity contribution in [3.8, 4) is 5.69 Å². The van der Waals surface area contributed by atoms with E-state index in [1.165, 1.54) is 18.4 Å². The van der Waals surface area contributed by atoms with Crippen molar-refractivity contribution < 1.29 is 4.79 Å². The number of hydrogen-bond donors (Lipinski definition) is 0. The van der Waals surface area contributed by atoms with Crippen LogP contribution in [-0.4, -0.2) is 56.7 Å². The van der Waals surface area contributed by atoms with Crippen molar-refractivity contribution in [1.29, 1.82) is 0 Å². The normalized spacial score (nSPS) is 14.2. The molecule has 0 radical (unpaired) electrons. The van der Waals surface area contributed by atoms with E-state index in [2.05, 4.69) is 53.1 Å². The van der Waals surface area contributed by atoms with Crippen LogP contribution in [0.4, 0.5) is 5.82 Å². The maximum absolute atomic E-state index is 12.9. The molecule has 7 nitrogen and oxygen atoms in total. The summed E-state index contributed by atoms with van der Waals surface area (Å²) < 4.78 is 1.94. The molecule has 0 unspecified atom stereocenters. The molecular formula is C31H38N6O. The molecule has 5 rings (SSSR count). The van der Waals surface area contributed by atoms with Crippen LogP contribution in [-0.2, 0) is 11.2 Å². The Hall–Kier alpha value is -3.74. The summed E-state index contributed by atoms with van der Waals surface area (Å²) in [5.41, 5.74) is 3.91. The van der Waals surface area contributed by atoms with Gasteiger partial charge in [0.2, 0.25) is 5.91 Å². The topological polar surface area (TPSA) is 67.2 Å². The average molecular weight is 511 g/mol. The predicted octanol–water partition coefficient (Wildman–Crippen LogP) is 5.72. The zero-order valence-corrected chi connectivity index (χ0v) is 22.6. The standard InChI is InChI=1S/C31H38N6O/c1-3-4-5-12-18-28(38)35-19-13-20-36(22-21-35)30-29-24(2)34-37(26-16-10-7-11-17-26)31(29)33-27(32-30)23-25-14-8-6-9-15-25/h6-11,14-17H,3-5,12-13,18-23H2,1-2H3. The molecule has 1 aliphatic rings. The van der Waals surface area contributed by atoms with Gasteiger partial charge in [0.15, 0.2) is 5.65 Å². The Labute approximate surface area is 225 Å². The smallest absolute Gasteiger partial charge is 0.222 e. The Balaban J connectivity index is 1.46. The third-order valence-corrected chi connectivity index (χ3v) is 7.33. The van der Waals surface area contributed by atoms with E-state index in [-0.39, 0.29) is 5.91 Å². The van der Waals surface area contributed by atoms with Crippen molar-refractivity contribution in [2.24, 2.45) is 0 Å². The first kappa shape index (κ1) is 25.9. The third kappa shape index (κ3) is 5.87. The first-order valence-electron chi connectivity index (χ1n) is 14.0. The van der Waals surface area contributed by atoms with Gasteiger partial charge in [-0.2, -0.15) is 5.10 Å². The molecule has 38 heavy (non-hydrogen) atoms. The number of anilines is 1. The number of carbonyl (C=O) groups is 1. The summed E-state index contributed by atoms with van der Waals surface area (Å²) in [7, 11) is 0. The molecule has 1 fully saturated rings. The molecule has 0 aliphatic carbocycles. The molecule has 4 aromatic rings. The molecular weight excluding hydrogens is 472 g/mol. The highest BCUT2D eigenvalue weighted by Gasteiger charge is 2.25. The molecule has 0 saturated carbocycles.